The zero-order chi connectivity index (χ0) is 15.0. The Hall–Kier alpha value is -2.21. The Kier molecular flexibility index (Phi) is 3.59. The second-order valence-corrected chi connectivity index (χ2v) is 4.93. The van der Waals surface area contributed by atoms with Crippen LogP contribution in [0.25, 0.3) is 0 Å². The first-order valence-electron chi connectivity index (χ1n) is 6.32. The molecule has 0 saturated carbocycles. The van der Waals surface area contributed by atoms with Gasteiger partial charge >= 0.3 is 0 Å². The van der Waals surface area contributed by atoms with Gasteiger partial charge in [0, 0.05) is 32.2 Å². The van der Waals surface area contributed by atoms with E-state index in [1.807, 2.05) is 6.92 Å². The van der Waals surface area contributed by atoms with E-state index in [0.29, 0.717) is 17.7 Å². The van der Waals surface area contributed by atoms with Crippen LogP contribution in [-0.2, 0) is 0 Å². The van der Waals surface area contributed by atoms with Crippen LogP contribution in [0.4, 0.5) is 0 Å². The van der Waals surface area contributed by atoms with Crippen molar-refractivity contribution < 1.29 is 14.4 Å². The number of carbonyl (C=O) groups excluding carboxylic acids is 3. The molecule has 3 amide bonds. The van der Waals surface area contributed by atoms with Gasteiger partial charge < -0.3 is 10.6 Å². The van der Waals surface area contributed by atoms with Crippen molar-refractivity contribution in [2.75, 3.05) is 20.6 Å². The van der Waals surface area contributed by atoms with E-state index >= 15 is 0 Å². The Labute approximate surface area is 117 Å². The summed E-state index contributed by atoms with van der Waals surface area (Å²) in [4.78, 5) is 38.5. The van der Waals surface area contributed by atoms with E-state index in [0.717, 1.165) is 4.90 Å². The first-order valence-corrected chi connectivity index (χ1v) is 6.32. The average molecular weight is 275 g/mol. The summed E-state index contributed by atoms with van der Waals surface area (Å²) in [5, 5.41) is 0. The topological polar surface area (TPSA) is 83.7 Å². The van der Waals surface area contributed by atoms with Gasteiger partial charge in [-0.25, -0.2) is 0 Å². The second kappa shape index (κ2) is 5.05. The molecule has 0 aromatic heterocycles. The summed E-state index contributed by atoms with van der Waals surface area (Å²) in [7, 11) is 3.08. The third-order valence-corrected chi connectivity index (χ3v) is 3.66. The van der Waals surface area contributed by atoms with Crippen LogP contribution >= 0.6 is 0 Å². The van der Waals surface area contributed by atoms with Gasteiger partial charge in [-0.3, -0.25) is 19.3 Å². The quantitative estimate of drug-likeness (QED) is 0.806. The summed E-state index contributed by atoms with van der Waals surface area (Å²) in [6, 6.07) is 4.45. The summed E-state index contributed by atoms with van der Waals surface area (Å²) in [5.74, 6) is -0.942. The van der Waals surface area contributed by atoms with E-state index in [1.165, 1.54) is 24.1 Å². The van der Waals surface area contributed by atoms with Crippen molar-refractivity contribution in [3.63, 3.8) is 0 Å². The normalized spacial score (nSPS) is 15.3. The maximum Gasteiger partial charge on any atom is 0.261 e. The second-order valence-electron chi connectivity index (χ2n) is 4.93. The standard InChI is InChI=1S/C14H17N3O3/c1-8(7-15)16(2)12(18)9-4-5-10-11(6-9)14(20)17(3)13(10)19/h4-6,8H,7,15H2,1-3H3. The fourth-order valence-electron chi connectivity index (χ4n) is 2.06. The Morgan fingerprint density at radius 1 is 1.30 bits per heavy atom. The zero-order valence-corrected chi connectivity index (χ0v) is 11.7. The lowest BCUT2D eigenvalue weighted by Gasteiger charge is -2.23. The van der Waals surface area contributed by atoms with Crippen molar-refractivity contribution in [2.45, 2.75) is 13.0 Å². The fourth-order valence-corrected chi connectivity index (χ4v) is 2.06. The van der Waals surface area contributed by atoms with Crippen LogP contribution in [0.15, 0.2) is 18.2 Å². The van der Waals surface area contributed by atoms with Crippen LogP contribution in [0, 0.1) is 0 Å². The van der Waals surface area contributed by atoms with Crippen molar-refractivity contribution in [1.82, 2.24) is 9.80 Å². The van der Waals surface area contributed by atoms with Crippen LogP contribution in [0.1, 0.15) is 38.0 Å². The summed E-state index contributed by atoms with van der Waals surface area (Å²) >= 11 is 0. The summed E-state index contributed by atoms with van der Waals surface area (Å²) in [6.45, 7) is 2.20. The molecule has 2 rings (SSSR count). The highest BCUT2D eigenvalue weighted by Crippen LogP contribution is 2.23. The van der Waals surface area contributed by atoms with E-state index in [9.17, 15) is 14.4 Å². The summed E-state index contributed by atoms with van der Waals surface area (Å²) in [6.07, 6.45) is 0. The smallest absolute Gasteiger partial charge is 0.261 e. The number of carbonyl (C=O) groups is 3. The number of hydrogen-bond acceptors (Lipinski definition) is 4. The number of hydrogen-bond donors (Lipinski definition) is 1. The number of nitrogens with zero attached hydrogens (tertiary/aromatic N) is 2. The van der Waals surface area contributed by atoms with Crippen molar-refractivity contribution in [2.24, 2.45) is 5.73 Å². The fraction of sp³-hybridized carbons (Fsp3) is 0.357. The molecule has 0 spiro atoms. The molecule has 20 heavy (non-hydrogen) atoms. The Bertz CT molecular complexity index is 597. The first-order chi connectivity index (χ1) is 9.38. The molecule has 2 N–H and O–H groups in total. The highest BCUT2D eigenvalue weighted by molar-refractivity contribution is 6.21. The molecular formula is C14H17N3O3. The van der Waals surface area contributed by atoms with Crippen LogP contribution in [0.5, 0.6) is 0 Å². The highest BCUT2D eigenvalue weighted by Gasteiger charge is 2.33. The molecular weight excluding hydrogens is 258 g/mol. The van der Waals surface area contributed by atoms with Crippen molar-refractivity contribution in [3.8, 4) is 0 Å². The van der Waals surface area contributed by atoms with E-state index in [4.69, 9.17) is 5.73 Å². The Balaban J connectivity index is 2.36. The van der Waals surface area contributed by atoms with Crippen LogP contribution < -0.4 is 5.73 Å². The van der Waals surface area contributed by atoms with Gasteiger partial charge in [0.1, 0.15) is 0 Å². The van der Waals surface area contributed by atoms with Crippen LogP contribution in [0.2, 0.25) is 0 Å². The third kappa shape index (κ3) is 2.08. The van der Waals surface area contributed by atoms with Crippen molar-refractivity contribution >= 4 is 17.7 Å². The van der Waals surface area contributed by atoms with Gasteiger partial charge in [-0.2, -0.15) is 0 Å². The molecule has 0 radical (unpaired) electrons. The molecule has 0 bridgehead atoms. The largest absolute Gasteiger partial charge is 0.338 e. The molecule has 0 aliphatic carbocycles. The minimum absolute atomic E-state index is 0.101. The Morgan fingerprint density at radius 3 is 2.50 bits per heavy atom. The van der Waals surface area contributed by atoms with Crippen molar-refractivity contribution in [3.05, 3.63) is 34.9 Å². The minimum Gasteiger partial charge on any atom is -0.338 e. The van der Waals surface area contributed by atoms with Gasteiger partial charge in [0.15, 0.2) is 0 Å². The van der Waals surface area contributed by atoms with Crippen LogP contribution in [0.3, 0.4) is 0 Å². The Morgan fingerprint density at radius 2 is 1.90 bits per heavy atom. The number of benzene rings is 1. The monoisotopic (exact) mass is 275 g/mol. The molecule has 1 aliphatic rings. The SMILES string of the molecule is CC(CN)N(C)C(=O)c1ccc2c(c1)C(=O)N(C)C2=O. The molecule has 1 unspecified atom stereocenters. The minimum atomic E-state index is -0.380. The summed E-state index contributed by atoms with van der Waals surface area (Å²) < 4.78 is 0. The number of rotatable bonds is 3. The first kappa shape index (κ1) is 14.2. The average Bonchev–Trinajstić information content (AvgIpc) is 2.69. The van der Waals surface area contributed by atoms with Gasteiger partial charge in [-0.1, -0.05) is 0 Å². The lowest BCUT2D eigenvalue weighted by Crippen LogP contribution is -2.39. The van der Waals surface area contributed by atoms with Gasteiger partial charge in [-0.15, -0.1) is 0 Å². The number of nitrogens with two attached hydrogens (primary N) is 1. The van der Waals surface area contributed by atoms with E-state index in [-0.39, 0.29) is 29.3 Å². The summed E-state index contributed by atoms with van der Waals surface area (Å²) in [5.41, 5.74) is 6.53. The molecule has 6 nitrogen and oxygen atoms in total. The molecule has 0 fully saturated rings. The molecule has 1 aliphatic heterocycles. The number of imide groups is 1. The molecule has 1 aromatic rings. The van der Waals surface area contributed by atoms with E-state index < -0.39 is 0 Å². The van der Waals surface area contributed by atoms with Gasteiger partial charge in [0.05, 0.1) is 11.1 Å². The van der Waals surface area contributed by atoms with E-state index in [1.54, 1.807) is 13.1 Å². The van der Waals surface area contributed by atoms with Crippen LogP contribution in [-0.4, -0.2) is 54.2 Å². The predicted octanol–water partition coefficient (Wildman–Crippen LogP) is 0.332. The molecule has 106 valence electrons. The maximum absolute atomic E-state index is 12.3. The lowest BCUT2D eigenvalue weighted by atomic mass is 10.0. The lowest BCUT2D eigenvalue weighted by molar-refractivity contribution is 0.0692. The molecule has 1 heterocycles. The van der Waals surface area contributed by atoms with Gasteiger partial charge in [0.2, 0.25) is 0 Å². The molecule has 1 atom stereocenters. The highest BCUT2D eigenvalue weighted by atomic mass is 16.2. The predicted molar refractivity (Wildman–Crippen MR) is 73.5 cm³/mol. The maximum atomic E-state index is 12.3. The number of likely N-dealkylation sites (N-methyl/N-ethyl adjacent to an activating group) is 1. The number of amides is 3. The van der Waals surface area contributed by atoms with Crippen molar-refractivity contribution in [1.29, 1.82) is 0 Å². The third-order valence-electron chi connectivity index (χ3n) is 3.66. The molecule has 1 aromatic carbocycles. The van der Waals surface area contributed by atoms with E-state index in [2.05, 4.69) is 0 Å². The molecule has 6 heteroatoms. The number of fused-ring (bicyclic) bond motifs is 1. The van der Waals surface area contributed by atoms with Gasteiger partial charge in [-0.05, 0) is 25.1 Å². The molecule has 0 saturated heterocycles. The van der Waals surface area contributed by atoms with Gasteiger partial charge in [0.25, 0.3) is 17.7 Å². The zero-order valence-electron chi connectivity index (χ0n) is 11.7.